The van der Waals surface area contributed by atoms with Crippen molar-refractivity contribution in [2.24, 2.45) is 0 Å². The number of benzene rings is 3. The van der Waals surface area contributed by atoms with Gasteiger partial charge in [0.2, 0.25) is 0 Å². The third-order valence-corrected chi connectivity index (χ3v) is 5.93. The first-order chi connectivity index (χ1) is 13.3. The highest BCUT2D eigenvalue weighted by Crippen LogP contribution is 2.27. The SMILES string of the molecule is Cc1ccc(S(=O)(=O)Nc2ccc(C(=O)N(C)c3ccccc3)cc2Cl)cc1. The number of aryl methyl sites for hydroxylation is 1. The maximum Gasteiger partial charge on any atom is 0.261 e. The molecule has 7 heteroatoms. The molecule has 0 saturated carbocycles. The Morgan fingerprint density at radius 3 is 2.21 bits per heavy atom. The van der Waals surface area contributed by atoms with Gasteiger partial charge >= 0.3 is 0 Å². The fourth-order valence-corrected chi connectivity index (χ4v) is 3.98. The maximum atomic E-state index is 12.7. The highest BCUT2D eigenvalue weighted by atomic mass is 35.5. The van der Waals surface area contributed by atoms with E-state index in [0.717, 1.165) is 11.3 Å². The molecule has 0 radical (unpaired) electrons. The highest BCUT2D eigenvalue weighted by Gasteiger charge is 2.18. The molecule has 0 heterocycles. The molecule has 144 valence electrons. The van der Waals surface area contributed by atoms with E-state index in [2.05, 4.69) is 4.72 Å². The number of hydrogen-bond acceptors (Lipinski definition) is 3. The van der Waals surface area contributed by atoms with Crippen LogP contribution < -0.4 is 9.62 Å². The summed E-state index contributed by atoms with van der Waals surface area (Å²) in [4.78, 5) is 14.3. The Morgan fingerprint density at radius 2 is 1.61 bits per heavy atom. The van der Waals surface area contributed by atoms with Crippen molar-refractivity contribution in [1.82, 2.24) is 0 Å². The number of nitrogens with zero attached hydrogens (tertiary/aromatic N) is 1. The number of sulfonamides is 1. The lowest BCUT2D eigenvalue weighted by molar-refractivity contribution is 0.0993. The fourth-order valence-electron chi connectivity index (χ4n) is 2.61. The molecule has 0 aromatic heterocycles. The van der Waals surface area contributed by atoms with Crippen LogP contribution in [0.5, 0.6) is 0 Å². The summed E-state index contributed by atoms with van der Waals surface area (Å²) in [7, 11) is -2.11. The monoisotopic (exact) mass is 414 g/mol. The van der Waals surface area contributed by atoms with Crippen molar-refractivity contribution in [3.05, 3.63) is 88.9 Å². The second-order valence-electron chi connectivity index (χ2n) is 6.31. The molecule has 1 amide bonds. The third-order valence-electron chi connectivity index (χ3n) is 4.24. The van der Waals surface area contributed by atoms with Gasteiger partial charge in [-0.05, 0) is 49.4 Å². The van der Waals surface area contributed by atoms with Crippen LogP contribution in [0.15, 0.2) is 77.7 Å². The van der Waals surface area contributed by atoms with E-state index in [4.69, 9.17) is 11.6 Å². The largest absolute Gasteiger partial charge is 0.311 e. The van der Waals surface area contributed by atoms with Gasteiger partial charge in [0.05, 0.1) is 15.6 Å². The second-order valence-corrected chi connectivity index (χ2v) is 8.40. The Morgan fingerprint density at radius 1 is 0.964 bits per heavy atom. The van der Waals surface area contributed by atoms with Gasteiger partial charge < -0.3 is 4.90 Å². The summed E-state index contributed by atoms with van der Waals surface area (Å²) < 4.78 is 27.5. The van der Waals surface area contributed by atoms with Gasteiger partial charge in [-0.2, -0.15) is 0 Å². The number of anilines is 2. The Hall–Kier alpha value is -2.83. The minimum absolute atomic E-state index is 0.137. The van der Waals surface area contributed by atoms with E-state index in [9.17, 15) is 13.2 Å². The maximum absolute atomic E-state index is 12.7. The fraction of sp³-hybridized carbons (Fsp3) is 0.0952. The van der Waals surface area contributed by atoms with Gasteiger partial charge in [0.1, 0.15) is 0 Å². The first-order valence-electron chi connectivity index (χ1n) is 8.50. The van der Waals surface area contributed by atoms with Crippen molar-refractivity contribution in [3.8, 4) is 0 Å². The van der Waals surface area contributed by atoms with Crippen LogP contribution >= 0.6 is 11.6 Å². The minimum Gasteiger partial charge on any atom is -0.311 e. The number of rotatable bonds is 5. The lowest BCUT2D eigenvalue weighted by Gasteiger charge is -2.18. The van der Waals surface area contributed by atoms with Crippen molar-refractivity contribution in [3.63, 3.8) is 0 Å². The van der Waals surface area contributed by atoms with Crippen LogP contribution in [0.1, 0.15) is 15.9 Å². The Labute approximate surface area is 169 Å². The molecule has 0 saturated heterocycles. The first-order valence-corrected chi connectivity index (χ1v) is 10.4. The zero-order chi connectivity index (χ0) is 20.3. The van der Waals surface area contributed by atoms with E-state index in [-0.39, 0.29) is 21.5 Å². The topological polar surface area (TPSA) is 66.5 Å². The highest BCUT2D eigenvalue weighted by molar-refractivity contribution is 7.92. The number of carbonyl (C=O) groups is 1. The molecular weight excluding hydrogens is 396 g/mol. The summed E-state index contributed by atoms with van der Waals surface area (Å²) in [6, 6.07) is 20.2. The molecule has 3 aromatic rings. The molecule has 0 fully saturated rings. The number of halogens is 1. The Bertz CT molecular complexity index is 1100. The third kappa shape index (κ3) is 4.35. The molecule has 0 unspecified atom stereocenters. The molecular formula is C21H19ClN2O3S. The van der Waals surface area contributed by atoms with Gasteiger partial charge in [-0.15, -0.1) is 0 Å². The van der Waals surface area contributed by atoms with Crippen molar-refractivity contribution in [2.45, 2.75) is 11.8 Å². The van der Waals surface area contributed by atoms with E-state index < -0.39 is 10.0 Å². The van der Waals surface area contributed by atoms with E-state index in [0.29, 0.717) is 5.56 Å². The lowest BCUT2D eigenvalue weighted by atomic mass is 10.1. The van der Waals surface area contributed by atoms with Crippen molar-refractivity contribution >= 4 is 38.9 Å². The van der Waals surface area contributed by atoms with Crippen molar-refractivity contribution < 1.29 is 13.2 Å². The zero-order valence-corrected chi connectivity index (χ0v) is 17.0. The van der Waals surface area contributed by atoms with Gasteiger partial charge in [-0.3, -0.25) is 9.52 Å². The van der Waals surface area contributed by atoms with Crippen molar-refractivity contribution in [2.75, 3.05) is 16.7 Å². The van der Waals surface area contributed by atoms with Crippen LogP contribution in [-0.4, -0.2) is 21.4 Å². The average Bonchev–Trinajstić information content (AvgIpc) is 2.69. The molecule has 0 bridgehead atoms. The minimum atomic E-state index is -3.77. The predicted molar refractivity (Wildman–Crippen MR) is 113 cm³/mol. The van der Waals surface area contributed by atoms with E-state index in [1.165, 1.54) is 29.2 Å². The molecule has 1 N–H and O–H groups in total. The molecule has 0 aliphatic rings. The van der Waals surface area contributed by atoms with Crippen LogP contribution in [0.2, 0.25) is 5.02 Å². The van der Waals surface area contributed by atoms with Gasteiger partial charge in [0, 0.05) is 18.3 Å². The van der Waals surface area contributed by atoms with E-state index >= 15 is 0 Å². The summed E-state index contributed by atoms with van der Waals surface area (Å²) >= 11 is 6.25. The quantitative estimate of drug-likeness (QED) is 0.656. The molecule has 28 heavy (non-hydrogen) atoms. The number of nitrogens with one attached hydrogen (secondary N) is 1. The summed E-state index contributed by atoms with van der Waals surface area (Å²) in [5, 5.41) is 0.142. The average molecular weight is 415 g/mol. The summed E-state index contributed by atoms with van der Waals surface area (Å²) in [6.45, 7) is 1.88. The first kappa shape index (κ1) is 19.9. The summed E-state index contributed by atoms with van der Waals surface area (Å²) in [5.74, 6) is -0.249. The van der Waals surface area contributed by atoms with E-state index in [1.807, 2.05) is 37.3 Å². The molecule has 0 atom stereocenters. The standard InChI is InChI=1S/C21H19ClN2O3S/c1-15-8-11-18(12-9-15)28(26,27)23-20-13-10-16(14-19(20)22)21(25)24(2)17-6-4-3-5-7-17/h3-14,23H,1-2H3. The number of carbonyl (C=O) groups excluding carboxylic acids is 1. The van der Waals surface area contributed by atoms with Gasteiger partial charge in [0.15, 0.2) is 0 Å². The van der Waals surface area contributed by atoms with Crippen LogP contribution in [0.25, 0.3) is 0 Å². The lowest BCUT2D eigenvalue weighted by Crippen LogP contribution is -2.26. The molecule has 0 aliphatic carbocycles. The van der Waals surface area contributed by atoms with E-state index in [1.54, 1.807) is 25.2 Å². The molecule has 0 aliphatic heterocycles. The summed E-state index contributed by atoms with van der Waals surface area (Å²) in [5.41, 5.74) is 2.27. The molecule has 5 nitrogen and oxygen atoms in total. The number of hydrogen-bond donors (Lipinski definition) is 1. The van der Waals surface area contributed by atoms with Crippen LogP contribution in [0.4, 0.5) is 11.4 Å². The summed E-state index contributed by atoms with van der Waals surface area (Å²) in [6.07, 6.45) is 0. The van der Waals surface area contributed by atoms with Crippen LogP contribution in [0.3, 0.4) is 0 Å². The number of amides is 1. The normalized spacial score (nSPS) is 11.1. The van der Waals surface area contributed by atoms with Crippen LogP contribution in [0, 0.1) is 6.92 Å². The Kier molecular flexibility index (Phi) is 5.72. The van der Waals surface area contributed by atoms with Crippen molar-refractivity contribution in [1.29, 1.82) is 0 Å². The number of para-hydroxylation sites is 1. The predicted octanol–water partition coefficient (Wildman–Crippen LogP) is 4.73. The second kappa shape index (κ2) is 8.04. The molecule has 3 rings (SSSR count). The van der Waals surface area contributed by atoms with Gasteiger partial charge in [-0.25, -0.2) is 8.42 Å². The molecule has 0 spiro atoms. The molecule has 3 aromatic carbocycles. The van der Waals surface area contributed by atoms with Gasteiger partial charge in [0.25, 0.3) is 15.9 Å². The van der Waals surface area contributed by atoms with Gasteiger partial charge in [-0.1, -0.05) is 47.5 Å². The van der Waals surface area contributed by atoms with Crippen LogP contribution in [-0.2, 0) is 10.0 Å². The Balaban J connectivity index is 1.82. The smallest absolute Gasteiger partial charge is 0.261 e. The zero-order valence-electron chi connectivity index (χ0n) is 15.4.